The third kappa shape index (κ3) is 2.33. The molecule has 0 amide bonds. The van der Waals surface area contributed by atoms with Crippen LogP contribution in [0.15, 0.2) is 42.5 Å². The molecule has 1 aromatic carbocycles. The van der Waals surface area contributed by atoms with Crippen LogP contribution in [0.2, 0.25) is 4.34 Å². The lowest BCUT2D eigenvalue weighted by atomic mass is 9.73. The van der Waals surface area contributed by atoms with Gasteiger partial charge in [-0.15, -0.1) is 11.3 Å². The quantitative estimate of drug-likeness (QED) is 0.849. The standard InChI is InChI=1S/C16H17ClOS/c17-14-9-8-13(19-14)15(18)16(10-4-5-11-16)12-6-2-1-3-7-12/h1-3,6-9,15,18H,4-5,10-11H2. The number of halogens is 1. The molecule has 2 aromatic rings. The SMILES string of the molecule is OC(c1ccc(Cl)s1)C1(c2ccccc2)CCCC1. The molecule has 1 unspecified atom stereocenters. The van der Waals surface area contributed by atoms with Gasteiger partial charge in [0, 0.05) is 10.3 Å². The van der Waals surface area contributed by atoms with Gasteiger partial charge in [0.25, 0.3) is 0 Å². The van der Waals surface area contributed by atoms with Crippen molar-refractivity contribution in [3.63, 3.8) is 0 Å². The maximum Gasteiger partial charge on any atom is 0.0978 e. The topological polar surface area (TPSA) is 20.2 Å². The van der Waals surface area contributed by atoms with E-state index in [1.807, 2.05) is 18.2 Å². The molecule has 1 heterocycles. The number of aliphatic hydroxyl groups excluding tert-OH is 1. The Labute approximate surface area is 122 Å². The number of hydrogen-bond acceptors (Lipinski definition) is 2. The number of benzene rings is 1. The van der Waals surface area contributed by atoms with Gasteiger partial charge in [0.1, 0.15) is 0 Å². The molecule has 1 aliphatic carbocycles. The number of rotatable bonds is 3. The molecular weight excluding hydrogens is 276 g/mol. The van der Waals surface area contributed by atoms with Crippen molar-refractivity contribution in [3.05, 3.63) is 57.2 Å². The Hall–Kier alpha value is -0.830. The fourth-order valence-corrected chi connectivity index (χ4v) is 4.41. The Balaban J connectivity index is 2.01. The minimum absolute atomic E-state index is 0.130. The van der Waals surface area contributed by atoms with E-state index in [0.717, 1.165) is 22.1 Å². The highest BCUT2D eigenvalue weighted by molar-refractivity contribution is 7.16. The molecule has 1 aliphatic rings. The van der Waals surface area contributed by atoms with Crippen molar-refractivity contribution in [2.75, 3.05) is 0 Å². The van der Waals surface area contributed by atoms with E-state index in [-0.39, 0.29) is 5.41 Å². The zero-order chi connectivity index (χ0) is 13.3. The van der Waals surface area contributed by atoms with E-state index in [0.29, 0.717) is 0 Å². The van der Waals surface area contributed by atoms with Gasteiger partial charge in [-0.25, -0.2) is 0 Å². The van der Waals surface area contributed by atoms with E-state index in [1.165, 1.54) is 29.7 Å². The molecule has 0 aliphatic heterocycles. The molecule has 0 saturated heterocycles. The summed E-state index contributed by atoms with van der Waals surface area (Å²) in [7, 11) is 0. The second-order valence-electron chi connectivity index (χ2n) is 5.27. The highest BCUT2D eigenvalue weighted by Gasteiger charge is 2.43. The summed E-state index contributed by atoms with van der Waals surface area (Å²) < 4.78 is 0.746. The van der Waals surface area contributed by atoms with E-state index < -0.39 is 6.10 Å². The molecular formula is C16H17ClOS. The Morgan fingerprint density at radius 1 is 1.05 bits per heavy atom. The summed E-state index contributed by atoms with van der Waals surface area (Å²) in [6, 6.07) is 14.3. The van der Waals surface area contributed by atoms with Crippen molar-refractivity contribution in [1.29, 1.82) is 0 Å². The van der Waals surface area contributed by atoms with E-state index in [4.69, 9.17) is 11.6 Å². The van der Waals surface area contributed by atoms with Crippen LogP contribution in [-0.2, 0) is 5.41 Å². The minimum atomic E-state index is -0.449. The summed E-state index contributed by atoms with van der Waals surface area (Å²) in [6.07, 6.45) is 4.02. The van der Waals surface area contributed by atoms with Crippen LogP contribution in [0.1, 0.15) is 42.2 Å². The third-order valence-electron chi connectivity index (χ3n) is 4.23. The van der Waals surface area contributed by atoms with Crippen LogP contribution in [0.25, 0.3) is 0 Å². The molecule has 0 spiro atoms. The van der Waals surface area contributed by atoms with Crippen LogP contribution < -0.4 is 0 Å². The summed E-state index contributed by atoms with van der Waals surface area (Å²) in [4.78, 5) is 0.982. The first-order valence-electron chi connectivity index (χ1n) is 6.71. The van der Waals surface area contributed by atoms with Crippen LogP contribution in [0.3, 0.4) is 0 Å². The second kappa shape index (κ2) is 5.28. The first-order valence-corrected chi connectivity index (χ1v) is 7.91. The number of aliphatic hydroxyl groups is 1. The van der Waals surface area contributed by atoms with Gasteiger partial charge in [0.2, 0.25) is 0 Å². The summed E-state index contributed by atoms with van der Waals surface area (Å²) in [5.74, 6) is 0. The van der Waals surface area contributed by atoms with Gasteiger partial charge in [0.05, 0.1) is 10.4 Å². The molecule has 3 rings (SSSR count). The summed E-state index contributed by atoms with van der Waals surface area (Å²) >= 11 is 7.50. The maximum absolute atomic E-state index is 10.9. The van der Waals surface area contributed by atoms with Crippen molar-refractivity contribution in [2.45, 2.75) is 37.2 Å². The van der Waals surface area contributed by atoms with E-state index in [9.17, 15) is 5.11 Å². The maximum atomic E-state index is 10.9. The number of thiophene rings is 1. The Kier molecular flexibility index (Phi) is 3.66. The summed E-state index contributed by atoms with van der Waals surface area (Å²) in [6.45, 7) is 0. The van der Waals surface area contributed by atoms with Crippen LogP contribution >= 0.6 is 22.9 Å². The second-order valence-corrected chi connectivity index (χ2v) is 7.02. The molecule has 1 nitrogen and oxygen atoms in total. The predicted molar refractivity (Wildman–Crippen MR) is 80.9 cm³/mol. The third-order valence-corrected chi connectivity index (χ3v) is 5.51. The van der Waals surface area contributed by atoms with Gasteiger partial charge in [-0.3, -0.25) is 0 Å². The molecule has 1 saturated carbocycles. The minimum Gasteiger partial charge on any atom is -0.387 e. The monoisotopic (exact) mass is 292 g/mol. The summed E-state index contributed by atoms with van der Waals surface area (Å²) in [5.41, 5.74) is 1.12. The molecule has 0 bridgehead atoms. The van der Waals surface area contributed by atoms with Gasteiger partial charge in [-0.1, -0.05) is 54.8 Å². The Bertz CT molecular complexity index is 543. The molecule has 19 heavy (non-hydrogen) atoms. The van der Waals surface area contributed by atoms with Crippen molar-refractivity contribution in [1.82, 2.24) is 0 Å². The predicted octanol–water partition coefficient (Wildman–Crippen LogP) is 4.95. The van der Waals surface area contributed by atoms with E-state index in [1.54, 1.807) is 0 Å². The summed E-state index contributed by atoms with van der Waals surface area (Å²) in [5, 5.41) is 10.9. The zero-order valence-electron chi connectivity index (χ0n) is 10.7. The fraction of sp³-hybridized carbons (Fsp3) is 0.375. The fourth-order valence-electron chi connectivity index (χ4n) is 3.24. The Morgan fingerprint density at radius 3 is 2.32 bits per heavy atom. The van der Waals surface area contributed by atoms with Crippen LogP contribution in [0, 0.1) is 0 Å². The first-order chi connectivity index (χ1) is 9.22. The molecule has 0 radical (unpaired) electrons. The van der Waals surface area contributed by atoms with Gasteiger partial charge in [0.15, 0.2) is 0 Å². The van der Waals surface area contributed by atoms with Gasteiger partial charge >= 0.3 is 0 Å². The molecule has 3 heteroatoms. The first kappa shape index (κ1) is 13.2. The smallest absolute Gasteiger partial charge is 0.0978 e. The Morgan fingerprint density at radius 2 is 1.74 bits per heavy atom. The van der Waals surface area contributed by atoms with E-state index >= 15 is 0 Å². The zero-order valence-corrected chi connectivity index (χ0v) is 12.3. The van der Waals surface area contributed by atoms with Crippen LogP contribution in [0.4, 0.5) is 0 Å². The lowest BCUT2D eigenvalue weighted by Gasteiger charge is -2.34. The molecule has 1 aromatic heterocycles. The normalized spacial score (nSPS) is 19.5. The lowest BCUT2D eigenvalue weighted by molar-refractivity contribution is 0.0854. The van der Waals surface area contributed by atoms with Gasteiger partial charge < -0.3 is 5.11 Å². The average molecular weight is 293 g/mol. The van der Waals surface area contributed by atoms with Crippen LogP contribution in [0.5, 0.6) is 0 Å². The molecule has 100 valence electrons. The molecule has 1 atom stereocenters. The molecule has 1 fully saturated rings. The van der Waals surface area contributed by atoms with Gasteiger partial charge in [-0.05, 0) is 30.5 Å². The van der Waals surface area contributed by atoms with Crippen molar-refractivity contribution < 1.29 is 5.11 Å². The average Bonchev–Trinajstić information content (AvgIpc) is 3.08. The van der Waals surface area contributed by atoms with E-state index in [2.05, 4.69) is 24.3 Å². The van der Waals surface area contributed by atoms with Crippen molar-refractivity contribution in [3.8, 4) is 0 Å². The molecule has 1 N–H and O–H groups in total. The highest BCUT2D eigenvalue weighted by atomic mass is 35.5. The van der Waals surface area contributed by atoms with Crippen LogP contribution in [-0.4, -0.2) is 5.11 Å². The van der Waals surface area contributed by atoms with Crippen molar-refractivity contribution in [2.24, 2.45) is 0 Å². The van der Waals surface area contributed by atoms with Gasteiger partial charge in [-0.2, -0.15) is 0 Å². The lowest BCUT2D eigenvalue weighted by Crippen LogP contribution is -2.30. The number of hydrogen-bond donors (Lipinski definition) is 1. The largest absolute Gasteiger partial charge is 0.387 e. The highest BCUT2D eigenvalue weighted by Crippen LogP contribution is 2.50. The van der Waals surface area contributed by atoms with Crippen molar-refractivity contribution >= 4 is 22.9 Å².